The van der Waals surface area contributed by atoms with Crippen molar-refractivity contribution in [3.63, 3.8) is 0 Å². The molecule has 0 bridgehead atoms. The summed E-state index contributed by atoms with van der Waals surface area (Å²) in [6.45, 7) is 0.804. The summed E-state index contributed by atoms with van der Waals surface area (Å²) in [6.07, 6.45) is -5.22. The summed E-state index contributed by atoms with van der Waals surface area (Å²) in [4.78, 5) is 0. The van der Waals surface area contributed by atoms with Crippen molar-refractivity contribution in [3.8, 4) is 5.75 Å². The Bertz CT molecular complexity index is 602. The third-order valence-electron chi connectivity index (χ3n) is 3.16. The summed E-state index contributed by atoms with van der Waals surface area (Å²) in [5.41, 5.74) is 0.310. The Kier molecular flexibility index (Phi) is 6.01. The van der Waals surface area contributed by atoms with Gasteiger partial charge in [0.2, 0.25) is 0 Å². The molecule has 0 aliphatic carbocycles. The maximum Gasteiger partial charge on any atom is 0.416 e. The van der Waals surface area contributed by atoms with Crippen LogP contribution >= 0.6 is 0 Å². The molecule has 0 saturated heterocycles. The van der Waals surface area contributed by atoms with Crippen LogP contribution in [0.25, 0.3) is 0 Å². The number of ether oxygens (including phenoxy) is 1. The predicted octanol–water partition coefficient (Wildman–Crippen LogP) is 3.23. The van der Waals surface area contributed by atoms with Crippen LogP contribution in [-0.4, -0.2) is 24.4 Å². The zero-order valence-corrected chi connectivity index (χ0v) is 12.4. The largest absolute Gasteiger partial charge is 0.491 e. The molecule has 0 saturated carbocycles. The summed E-state index contributed by atoms with van der Waals surface area (Å²) < 4.78 is 43.0. The van der Waals surface area contributed by atoms with Crippen molar-refractivity contribution >= 4 is 0 Å². The molecular formula is C17H18F3NO2. The van der Waals surface area contributed by atoms with Gasteiger partial charge in [-0.25, -0.2) is 0 Å². The van der Waals surface area contributed by atoms with Crippen LogP contribution in [0, 0.1) is 0 Å². The van der Waals surface area contributed by atoms with E-state index in [4.69, 9.17) is 4.74 Å². The highest BCUT2D eigenvalue weighted by molar-refractivity contribution is 5.30. The molecule has 0 amide bonds. The van der Waals surface area contributed by atoms with Crippen molar-refractivity contribution in [1.82, 2.24) is 5.32 Å². The fourth-order valence-corrected chi connectivity index (χ4v) is 1.99. The first-order valence-electron chi connectivity index (χ1n) is 7.18. The van der Waals surface area contributed by atoms with Gasteiger partial charge in [0.25, 0.3) is 0 Å². The third kappa shape index (κ3) is 5.92. The van der Waals surface area contributed by atoms with Gasteiger partial charge in [0, 0.05) is 13.1 Å². The van der Waals surface area contributed by atoms with E-state index in [9.17, 15) is 18.3 Å². The standard InChI is InChI=1S/C17H18F3NO2/c18-17(19,20)14-7-4-8-16(9-14)23-12-15(22)11-21-10-13-5-2-1-3-6-13/h1-9,15,21-22H,10-12H2. The molecule has 0 fully saturated rings. The highest BCUT2D eigenvalue weighted by atomic mass is 19.4. The zero-order chi connectivity index (χ0) is 16.7. The first kappa shape index (κ1) is 17.3. The monoisotopic (exact) mass is 325 g/mol. The lowest BCUT2D eigenvalue weighted by Crippen LogP contribution is -2.31. The van der Waals surface area contributed by atoms with Crippen LogP contribution in [0.5, 0.6) is 5.75 Å². The molecule has 0 aliphatic rings. The first-order valence-corrected chi connectivity index (χ1v) is 7.18. The van der Waals surface area contributed by atoms with Gasteiger partial charge in [-0.15, -0.1) is 0 Å². The van der Waals surface area contributed by atoms with Crippen molar-refractivity contribution in [2.75, 3.05) is 13.2 Å². The molecule has 0 radical (unpaired) electrons. The summed E-state index contributed by atoms with van der Waals surface area (Å²) >= 11 is 0. The van der Waals surface area contributed by atoms with E-state index in [1.54, 1.807) is 0 Å². The molecule has 2 rings (SSSR count). The van der Waals surface area contributed by atoms with Crippen LogP contribution in [-0.2, 0) is 12.7 Å². The SMILES string of the molecule is OC(CNCc1ccccc1)COc1cccc(C(F)(F)F)c1. The normalized spacial score (nSPS) is 12.9. The second-order valence-electron chi connectivity index (χ2n) is 5.11. The molecule has 0 aliphatic heterocycles. The van der Waals surface area contributed by atoms with Crippen molar-refractivity contribution in [1.29, 1.82) is 0 Å². The number of aliphatic hydroxyl groups is 1. The molecule has 6 heteroatoms. The molecule has 1 atom stereocenters. The third-order valence-corrected chi connectivity index (χ3v) is 3.16. The molecular weight excluding hydrogens is 307 g/mol. The zero-order valence-electron chi connectivity index (χ0n) is 12.4. The summed E-state index contributed by atoms with van der Waals surface area (Å²) in [7, 11) is 0. The summed E-state index contributed by atoms with van der Waals surface area (Å²) in [6, 6.07) is 14.3. The van der Waals surface area contributed by atoms with Crippen molar-refractivity contribution in [3.05, 3.63) is 65.7 Å². The second-order valence-corrected chi connectivity index (χ2v) is 5.11. The summed E-state index contributed by atoms with van der Waals surface area (Å²) in [5, 5.41) is 12.9. The molecule has 2 N–H and O–H groups in total. The lowest BCUT2D eigenvalue weighted by molar-refractivity contribution is -0.137. The molecule has 1 unspecified atom stereocenters. The van der Waals surface area contributed by atoms with Gasteiger partial charge in [0.1, 0.15) is 18.5 Å². The Morgan fingerprint density at radius 1 is 1.04 bits per heavy atom. The van der Waals surface area contributed by atoms with Crippen LogP contribution < -0.4 is 10.1 Å². The Labute approximate surface area is 132 Å². The van der Waals surface area contributed by atoms with Gasteiger partial charge in [-0.2, -0.15) is 13.2 Å². The summed E-state index contributed by atoms with van der Waals surface area (Å²) in [5.74, 6) is 0.0851. The molecule has 2 aromatic rings. The lowest BCUT2D eigenvalue weighted by Gasteiger charge is -2.14. The minimum atomic E-state index is -4.41. The topological polar surface area (TPSA) is 41.5 Å². The molecule has 2 aromatic carbocycles. The van der Waals surface area contributed by atoms with Gasteiger partial charge in [-0.05, 0) is 23.8 Å². The van der Waals surface area contributed by atoms with E-state index in [1.807, 2.05) is 30.3 Å². The van der Waals surface area contributed by atoms with Gasteiger partial charge >= 0.3 is 6.18 Å². The number of alkyl halides is 3. The fraction of sp³-hybridized carbons (Fsp3) is 0.294. The quantitative estimate of drug-likeness (QED) is 0.821. The second kappa shape index (κ2) is 7.99. The Morgan fingerprint density at radius 2 is 1.78 bits per heavy atom. The number of nitrogens with one attached hydrogen (secondary N) is 1. The van der Waals surface area contributed by atoms with Crippen LogP contribution in [0.2, 0.25) is 0 Å². The van der Waals surface area contributed by atoms with Crippen molar-refractivity contribution < 1.29 is 23.0 Å². The highest BCUT2D eigenvalue weighted by Gasteiger charge is 2.30. The van der Waals surface area contributed by atoms with Crippen molar-refractivity contribution in [2.45, 2.75) is 18.8 Å². The number of rotatable bonds is 7. The molecule has 0 aromatic heterocycles. The van der Waals surface area contributed by atoms with E-state index in [2.05, 4.69) is 5.32 Å². The minimum absolute atomic E-state index is 0.0803. The lowest BCUT2D eigenvalue weighted by atomic mass is 10.2. The Hall–Kier alpha value is -2.05. The number of hydrogen-bond acceptors (Lipinski definition) is 3. The molecule has 23 heavy (non-hydrogen) atoms. The van der Waals surface area contributed by atoms with Crippen molar-refractivity contribution in [2.24, 2.45) is 0 Å². The Balaban J connectivity index is 1.75. The van der Waals surface area contributed by atoms with Crippen LogP contribution in [0.15, 0.2) is 54.6 Å². The average molecular weight is 325 g/mol. The smallest absolute Gasteiger partial charge is 0.416 e. The van der Waals surface area contributed by atoms with Crippen LogP contribution in [0.4, 0.5) is 13.2 Å². The first-order chi connectivity index (χ1) is 10.9. The molecule has 0 heterocycles. The maximum atomic E-state index is 12.6. The molecule has 124 valence electrons. The minimum Gasteiger partial charge on any atom is -0.491 e. The Morgan fingerprint density at radius 3 is 2.48 bits per heavy atom. The van der Waals surface area contributed by atoms with E-state index in [0.717, 1.165) is 17.7 Å². The van der Waals surface area contributed by atoms with E-state index >= 15 is 0 Å². The van der Waals surface area contributed by atoms with Crippen LogP contribution in [0.1, 0.15) is 11.1 Å². The molecule has 3 nitrogen and oxygen atoms in total. The van der Waals surface area contributed by atoms with E-state index in [-0.39, 0.29) is 18.9 Å². The van der Waals surface area contributed by atoms with Gasteiger partial charge in [0.05, 0.1) is 5.56 Å². The van der Waals surface area contributed by atoms with E-state index in [0.29, 0.717) is 6.54 Å². The maximum absolute atomic E-state index is 12.6. The van der Waals surface area contributed by atoms with Gasteiger partial charge in [-0.3, -0.25) is 0 Å². The number of aliphatic hydroxyl groups excluding tert-OH is 1. The highest BCUT2D eigenvalue weighted by Crippen LogP contribution is 2.31. The predicted molar refractivity (Wildman–Crippen MR) is 81.1 cm³/mol. The number of hydrogen-bond donors (Lipinski definition) is 2. The molecule has 0 spiro atoms. The van der Waals surface area contributed by atoms with Gasteiger partial charge in [0.15, 0.2) is 0 Å². The fourth-order valence-electron chi connectivity index (χ4n) is 1.99. The van der Waals surface area contributed by atoms with E-state index in [1.165, 1.54) is 12.1 Å². The van der Waals surface area contributed by atoms with Gasteiger partial charge in [-0.1, -0.05) is 36.4 Å². The number of halogens is 3. The van der Waals surface area contributed by atoms with Gasteiger partial charge < -0.3 is 15.2 Å². The number of benzene rings is 2. The van der Waals surface area contributed by atoms with E-state index < -0.39 is 17.8 Å². The van der Waals surface area contributed by atoms with Crippen LogP contribution in [0.3, 0.4) is 0 Å². The average Bonchev–Trinajstić information content (AvgIpc) is 2.53.